The van der Waals surface area contributed by atoms with Crippen molar-refractivity contribution in [3.8, 4) is 22.6 Å². The van der Waals surface area contributed by atoms with Crippen LogP contribution in [0, 0.1) is 0 Å². The van der Waals surface area contributed by atoms with Gasteiger partial charge in [-0.15, -0.1) is 10.2 Å². The second kappa shape index (κ2) is 5.20. The maximum Gasteiger partial charge on any atom is 0.255 e. The monoisotopic (exact) mass is 307 g/mol. The van der Waals surface area contributed by atoms with Gasteiger partial charge in [0.15, 0.2) is 5.82 Å². The molecule has 0 bridgehead atoms. The Morgan fingerprint density at radius 2 is 1.77 bits per heavy atom. The summed E-state index contributed by atoms with van der Waals surface area (Å²) in [5.74, 6) is 1.27. The Labute approximate surface area is 131 Å². The van der Waals surface area contributed by atoms with Gasteiger partial charge in [0.05, 0.1) is 5.69 Å². The lowest BCUT2D eigenvalue weighted by Gasteiger charge is -2.03. The minimum Gasteiger partial charge on any atom is -0.266 e. The highest BCUT2D eigenvalue weighted by atomic mass is 35.5. The first-order chi connectivity index (χ1) is 10.8. The van der Waals surface area contributed by atoms with Gasteiger partial charge < -0.3 is 0 Å². The number of nitrogens with zero attached hydrogens (tertiary/aromatic N) is 5. The standard InChI is InChI=1S/C16H10ClN5/c17-13-5-3-11(4-6-13)14-7-9-22-15(20-21-16(22)19-14)12-2-1-8-18-10-12/h1-10H. The van der Waals surface area contributed by atoms with Gasteiger partial charge in [0, 0.05) is 34.7 Å². The van der Waals surface area contributed by atoms with E-state index in [1.807, 2.05) is 53.1 Å². The zero-order chi connectivity index (χ0) is 14.9. The molecule has 3 aromatic heterocycles. The van der Waals surface area contributed by atoms with Gasteiger partial charge in [0.25, 0.3) is 5.78 Å². The van der Waals surface area contributed by atoms with Crippen LogP contribution in [0.1, 0.15) is 0 Å². The summed E-state index contributed by atoms with van der Waals surface area (Å²) in [6.07, 6.45) is 5.39. The van der Waals surface area contributed by atoms with Crippen LogP contribution < -0.4 is 0 Å². The Morgan fingerprint density at radius 1 is 0.909 bits per heavy atom. The van der Waals surface area contributed by atoms with Gasteiger partial charge in [0.1, 0.15) is 0 Å². The van der Waals surface area contributed by atoms with Gasteiger partial charge in [0.2, 0.25) is 0 Å². The summed E-state index contributed by atoms with van der Waals surface area (Å²) in [5, 5.41) is 9.05. The number of pyridine rings is 1. The number of rotatable bonds is 2. The summed E-state index contributed by atoms with van der Waals surface area (Å²) in [6.45, 7) is 0. The van der Waals surface area contributed by atoms with Crippen molar-refractivity contribution in [3.05, 3.63) is 66.1 Å². The van der Waals surface area contributed by atoms with Gasteiger partial charge in [-0.3, -0.25) is 9.38 Å². The van der Waals surface area contributed by atoms with Crippen LogP contribution in [-0.4, -0.2) is 24.6 Å². The largest absolute Gasteiger partial charge is 0.266 e. The molecule has 0 saturated heterocycles. The van der Waals surface area contributed by atoms with E-state index >= 15 is 0 Å². The zero-order valence-corrected chi connectivity index (χ0v) is 12.1. The predicted molar refractivity (Wildman–Crippen MR) is 84.5 cm³/mol. The molecule has 0 radical (unpaired) electrons. The van der Waals surface area contributed by atoms with Crippen molar-refractivity contribution in [2.24, 2.45) is 0 Å². The third-order valence-electron chi connectivity index (χ3n) is 3.34. The summed E-state index contributed by atoms with van der Waals surface area (Å²) in [7, 11) is 0. The fourth-order valence-corrected chi connectivity index (χ4v) is 2.39. The molecule has 0 amide bonds. The molecule has 3 heterocycles. The molecule has 6 heteroatoms. The van der Waals surface area contributed by atoms with E-state index < -0.39 is 0 Å². The third kappa shape index (κ3) is 2.21. The molecule has 1 aromatic carbocycles. The quantitative estimate of drug-likeness (QED) is 0.568. The highest BCUT2D eigenvalue weighted by molar-refractivity contribution is 6.30. The van der Waals surface area contributed by atoms with Crippen LogP contribution in [0.4, 0.5) is 0 Å². The molecule has 0 aliphatic rings. The maximum absolute atomic E-state index is 5.91. The van der Waals surface area contributed by atoms with Crippen molar-refractivity contribution in [3.63, 3.8) is 0 Å². The fraction of sp³-hybridized carbons (Fsp3) is 0. The number of aromatic nitrogens is 5. The predicted octanol–water partition coefficient (Wildman–Crippen LogP) is 3.51. The minimum absolute atomic E-state index is 0.548. The summed E-state index contributed by atoms with van der Waals surface area (Å²) in [6, 6.07) is 13.3. The average Bonchev–Trinajstić information content (AvgIpc) is 2.99. The van der Waals surface area contributed by atoms with Crippen molar-refractivity contribution < 1.29 is 0 Å². The summed E-state index contributed by atoms with van der Waals surface area (Å²) < 4.78 is 1.84. The first kappa shape index (κ1) is 12.9. The van der Waals surface area contributed by atoms with Crippen LogP contribution in [0.15, 0.2) is 61.1 Å². The number of hydrogen-bond donors (Lipinski definition) is 0. The summed E-state index contributed by atoms with van der Waals surface area (Å²) in [4.78, 5) is 8.65. The van der Waals surface area contributed by atoms with Gasteiger partial charge in [-0.05, 0) is 30.3 Å². The van der Waals surface area contributed by atoms with Gasteiger partial charge >= 0.3 is 0 Å². The van der Waals surface area contributed by atoms with E-state index in [-0.39, 0.29) is 0 Å². The van der Waals surface area contributed by atoms with Gasteiger partial charge in [-0.25, -0.2) is 4.98 Å². The molecule has 5 nitrogen and oxygen atoms in total. The molecule has 0 unspecified atom stereocenters. The molecule has 0 spiro atoms. The zero-order valence-electron chi connectivity index (χ0n) is 11.4. The molecule has 0 atom stereocenters. The first-order valence-corrected chi connectivity index (χ1v) is 7.07. The van der Waals surface area contributed by atoms with Crippen LogP contribution in [0.3, 0.4) is 0 Å². The fourth-order valence-electron chi connectivity index (χ4n) is 2.26. The van der Waals surface area contributed by atoms with E-state index in [2.05, 4.69) is 20.2 Å². The maximum atomic E-state index is 5.91. The Morgan fingerprint density at radius 3 is 2.55 bits per heavy atom. The summed E-state index contributed by atoms with van der Waals surface area (Å²) in [5.41, 5.74) is 2.71. The Balaban J connectivity index is 1.82. The molecule has 0 N–H and O–H groups in total. The Kier molecular flexibility index (Phi) is 3.05. The second-order valence-electron chi connectivity index (χ2n) is 4.75. The SMILES string of the molecule is Clc1ccc(-c2ccn3c(-c4cccnc4)nnc3n2)cc1. The van der Waals surface area contributed by atoms with E-state index in [0.29, 0.717) is 10.8 Å². The van der Waals surface area contributed by atoms with Gasteiger partial charge in [-0.1, -0.05) is 23.7 Å². The Bertz CT molecular complexity index is 932. The average molecular weight is 308 g/mol. The van der Waals surface area contributed by atoms with Crippen LogP contribution in [-0.2, 0) is 0 Å². The van der Waals surface area contributed by atoms with Crippen molar-refractivity contribution in [2.75, 3.05) is 0 Å². The van der Waals surface area contributed by atoms with Crippen molar-refractivity contribution in [1.29, 1.82) is 0 Å². The molecule has 0 aliphatic carbocycles. The molecule has 0 aliphatic heterocycles. The van der Waals surface area contributed by atoms with Crippen LogP contribution >= 0.6 is 11.6 Å². The van der Waals surface area contributed by atoms with E-state index in [9.17, 15) is 0 Å². The number of halogens is 1. The lowest BCUT2D eigenvalue weighted by Crippen LogP contribution is -1.93. The molecular formula is C16H10ClN5. The van der Waals surface area contributed by atoms with Crippen molar-refractivity contribution >= 4 is 17.4 Å². The first-order valence-electron chi connectivity index (χ1n) is 6.69. The molecule has 0 saturated carbocycles. The second-order valence-corrected chi connectivity index (χ2v) is 5.19. The number of benzene rings is 1. The molecule has 4 aromatic rings. The van der Waals surface area contributed by atoms with Crippen LogP contribution in [0.25, 0.3) is 28.4 Å². The van der Waals surface area contributed by atoms with Crippen LogP contribution in [0.5, 0.6) is 0 Å². The summed E-state index contributed by atoms with van der Waals surface area (Å²) >= 11 is 5.91. The molecule has 22 heavy (non-hydrogen) atoms. The number of fused-ring (bicyclic) bond motifs is 1. The smallest absolute Gasteiger partial charge is 0.255 e. The van der Waals surface area contributed by atoms with Gasteiger partial charge in [-0.2, -0.15) is 0 Å². The topological polar surface area (TPSA) is 56.0 Å². The van der Waals surface area contributed by atoms with E-state index in [4.69, 9.17) is 11.6 Å². The minimum atomic E-state index is 0.548. The molecule has 0 fully saturated rings. The lowest BCUT2D eigenvalue weighted by molar-refractivity contribution is 1.10. The number of hydrogen-bond acceptors (Lipinski definition) is 4. The molecule has 4 rings (SSSR count). The van der Waals surface area contributed by atoms with E-state index in [0.717, 1.165) is 22.6 Å². The highest BCUT2D eigenvalue weighted by Crippen LogP contribution is 2.22. The highest BCUT2D eigenvalue weighted by Gasteiger charge is 2.10. The molecule has 106 valence electrons. The normalized spacial score (nSPS) is 11.0. The molecular weight excluding hydrogens is 298 g/mol. The third-order valence-corrected chi connectivity index (χ3v) is 3.59. The van der Waals surface area contributed by atoms with Crippen LogP contribution in [0.2, 0.25) is 5.02 Å². The van der Waals surface area contributed by atoms with Crippen molar-refractivity contribution in [2.45, 2.75) is 0 Å². The van der Waals surface area contributed by atoms with E-state index in [1.165, 1.54) is 0 Å². The van der Waals surface area contributed by atoms with Crippen molar-refractivity contribution in [1.82, 2.24) is 24.6 Å². The Hall–Kier alpha value is -2.79. The lowest BCUT2D eigenvalue weighted by atomic mass is 10.1. The van der Waals surface area contributed by atoms with E-state index in [1.54, 1.807) is 12.4 Å².